The topological polar surface area (TPSA) is 69.0 Å². The molecule has 0 bridgehead atoms. The van der Waals surface area contributed by atoms with Crippen LogP contribution in [0.4, 0.5) is 0 Å². The Morgan fingerprint density at radius 2 is 1.93 bits per heavy atom. The molecule has 1 aliphatic heterocycles. The predicted molar refractivity (Wildman–Crippen MR) is 109 cm³/mol. The van der Waals surface area contributed by atoms with E-state index in [2.05, 4.69) is 0 Å². The zero-order valence-corrected chi connectivity index (χ0v) is 17.2. The largest absolute Gasteiger partial charge is 0.493 e. The van der Waals surface area contributed by atoms with Gasteiger partial charge in [-0.05, 0) is 43.9 Å². The number of ether oxygens (including phenoxy) is 2. The Labute approximate surface area is 170 Å². The normalized spacial score (nSPS) is 19.1. The molecule has 0 spiro atoms. The average Bonchev–Trinajstić information content (AvgIpc) is 3.15. The molecule has 1 atom stereocenters. The molecule has 2 heterocycles. The number of amides is 1. The van der Waals surface area contributed by atoms with E-state index in [0.29, 0.717) is 36.1 Å². The summed E-state index contributed by atoms with van der Waals surface area (Å²) in [5.74, 6) is 2.30. The number of para-hydroxylation sites is 1. The fourth-order valence-corrected chi connectivity index (χ4v) is 4.37. The van der Waals surface area contributed by atoms with Crippen molar-refractivity contribution >= 4 is 5.91 Å². The maximum Gasteiger partial charge on any atom is 0.349 e. The van der Waals surface area contributed by atoms with Crippen LogP contribution in [0.3, 0.4) is 0 Å². The lowest BCUT2D eigenvalue weighted by atomic mass is 9.83. The molecular formula is C23H27NO5. The summed E-state index contributed by atoms with van der Waals surface area (Å²) in [4.78, 5) is 27.4. The van der Waals surface area contributed by atoms with Crippen LogP contribution in [0, 0.1) is 6.92 Å². The Morgan fingerprint density at radius 3 is 2.55 bits per heavy atom. The Bertz CT molecular complexity index is 976. The minimum atomic E-state index is -0.515. The van der Waals surface area contributed by atoms with Crippen LogP contribution >= 0.6 is 0 Å². The molecule has 2 aromatic rings. The molecule has 0 N–H and O–H groups in total. The van der Waals surface area contributed by atoms with Gasteiger partial charge in [0.05, 0.1) is 14.2 Å². The molecule has 0 radical (unpaired) electrons. The lowest BCUT2D eigenvalue weighted by Crippen LogP contribution is -2.33. The summed E-state index contributed by atoms with van der Waals surface area (Å²) in [5, 5.41) is 0. The lowest BCUT2D eigenvalue weighted by molar-refractivity contribution is 0.0784. The molecule has 1 unspecified atom stereocenters. The molecule has 1 saturated carbocycles. The van der Waals surface area contributed by atoms with Crippen LogP contribution in [0.2, 0.25) is 0 Å². The van der Waals surface area contributed by atoms with Crippen LogP contribution in [0.25, 0.3) is 0 Å². The highest BCUT2D eigenvalue weighted by Crippen LogP contribution is 2.40. The molecule has 6 nitrogen and oxygen atoms in total. The summed E-state index contributed by atoms with van der Waals surface area (Å²) in [6.45, 7) is 2.95. The van der Waals surface area contributed by atoms with Crippen LogP contribution in [-0.2, 0) is 0 Å². The molecule has 1 aromatic carbocycles. The fraction of sp³-hybridized carbons (Fsp3) is 0.478. The van der Waals surface area contributed by atoms with Crippen molar-refractivity contribution in [1.29, 1.82) is 0 Å². The van der Waals surface area contributed by atoms with Crippen molar-refractivity contribution in [2.75, 3.05) is 27.3 Å². The molecule has 29 heavy (non-hydrogen) atoms. The van der Waals surface area contributed by atoms with Crippen LogP contribution < -0.4 is 15.1 Å². The molecule has 1 amide bonds. The number of rotatable bonds is 5. The van der Waals surface area contributed by atoms with Crippen LogP contribution in [0.15, 0.2) is 33.5 Å². The Morgan fingerprint density at radius 1 is 1.14 bits per heavy atom. The SMILES string of the molecule is COc1cccc(C2CCN(C(=O)c3c(C)cc(C4CCC4)oc3=O)C2)c1OC. The summed E-state index contributed by atoms with van der Waals surface area (Å²) in [7, 11) is 3.24. The first-order valence-electron chi connectivity index (χ1n) is 10.2. The fourth-order valence-electron chi connectivity index (χ4n) is 4.37. The minimum Gasteiger partial charge on any atom is -0.493 e. The number of benzene rings is 1. The van der Waals surface area contributed by atoms with Crippen molar-refractivity contribution in [2.45, 2.75) is 44.4 Å². The van der Waals surface area contributed by atoms with Crippen molar-refractivity contribution in [3.63, 3.8) is 0 Å². The third-order valence-electron chi connectivity index (χ3n) is 6.24. The van der Waals surface area contributed by atoms with Gasteiger partial charge in [-0.1, -0.05) is 18.6 Å². The molecular weight excluding hydrogens is 370 g/mol. The molecule has 4 rings (SSSR count). The van der Waals surface area contributed by atoms with Crippen molar-refractivity contribution < 1.29 is 18.7 Å². The maximum atomic E-state index is 13.1. The van der Waals surface area contributed by atoms with Gasteiger partial charge in [0.2, 0.25) is 0 Å². The van der Waals surface area contributed by atoms with E-state index < -0.39 is 5.63 Å². The Kier molecular flexibility index (Phi) is 5.35. The Balaban J connectivity index is 1.56. The Hall–Kier alpha value is -2.76. The highest BCUT2D eigenvalue weighted by molar-refractivity contribution is 5.95. The molecule has 1 aromatic heterocycles. The van der Waals surface area contributed by atoms with Crippen LogP contribution in [0.5, 0.6) is 11.5 Å². The van der Waals surface area contributed by atoms with Crippen molar-refractivity contribution in [2.24, 2.45) is 0 Å². The number of methoxy groups -OCH3 is 2. The predicted octanol–water partition coefficient (Wildman–Crippen LogP) is 3.86. The smallest absolute Gasteiger partial charge is 0.349 e. The summed E-state index contributed by atoms with van der Waals surface area (Å²) in [6, 6.07) is 7.67. The summed E-state index contributed by atoms with van der Waals surface area (Å²) in [6.07, 6.45) is 4.06. The van der Waals surface area contributed by atoms with Gasteiger partial charge in [-0.25, -0.2) is 4.79 Å². The molecule has 6 heteroatoms. The van der Waals surface area contributed by atoms with Gasteiger partial charge in [-0.3, -0.25) is 4.79 Å². The molecule has 1 saturated heterocycles. The van der Waals surface area contributed by atoms with E-state index in [0.717, 1.165) is 37.0 Å². The number of carbonyl (C=O) groups is 1. The van der Waals surface area contributed by atoms with E-state index in [9.17, 15) is 9.59 Å². The lowest BCUT2D eigenvalue weighted by Gasteiger charge is -2.24. The monoisotopic (exact) mass is 397 g/mol. The second-order valence-electron chi connectivity index (χ2n) is 7.94. The van der Waals surface area contributed by atoms with Crippen molar-refractivity contribution in [1.82, 2.24) is 4.90 Å². The molecule has 2 aliphatic rings. The van der Waals surface area contributed by atoms with Gasteiger partial charge in [0.1, 0.15) is 11.3 Å². The highest BCUT2D eigenvalue weighted by Gasteiger charge is 2.33. The first kappa shape index (κ1) is 19.6. The average molecular weight is 397 g/mol. The highest BCUT2D eigenvalue weighted by atomic mass is 16.5. The number of hydrogen-bond donors (Lipinski definition) is 0. The minimum absolute atomic E-state index is 0.130. The molecule has 2 fully saturated rings. The number of carbonyl (C=O) groups excluding carboxylic acids is 1. The quantitative estimate of drug-likeness (QED) is 0.766. The van der Waals surface area contributed by atoms with E-state index in [1.165, 1.54) is 0 Å². The van der Waals surface area contributed by atoms with Crippen LogP contribution in [-0.4, -0.2) is 38.1 Å². The zero-order chi connectivity index (χ0) is 20.5. The second kappa shape index (κ2) is 7.93. The zero-order valence-electron chi connectivity index (χ0n) is 17.2. The summed E-state index contributed by atoms with van der Waals surface area (Å²) >= 11 is 0. The summed E-state index contributed by atoms with van der Waals surface area (Å²) < 4.78 is 16.5. The summed E-state index contributed by atoms with van der Waals surface area (Å²) in [5.41, 5.74) is 1.37. The first-order chi connectivity index (χ1) is 14.0. The number of hydrogen-bond acceptors (Lipinski definition) is 5. The van der Waals surface area contributed by atoms with Gasteiger partial charge in [0, 0.05) is 30.5 Å². The first-order valence-corrected chi connectivity index (χ1v) is 10.2. The van der Waals surface area contributed by atoms with Gasteiger partial charge in [0.15, 0.2) is 11.5 Å². The van der Waals surface area contributed by atoms with E-state index in [1.54, 1.807) is 19.1 Å². The van der Waals surface area contributed by atoms with Crippen molar-refractivity contribution in [3.05, 3.63) is 57.1 Å². The van der Waals surface area contributed by atoms with E-state index >= 15 is 0 Å². The van der Waals surface area contributed by atoms with Gasteiger partial charge in [0.25, 0.3) is 5.91 Å². The number of aryl methyl sites for hydroxylation is 1. The molecule has 154 valence electrons. The number of likely N-dealkylation sites (tertiary alicyclic amines) is 1. The van der Waals surface area contributed by atoms with Crippen LogP contribution in [0.1, 0.15) is 64.8 Å². The number of nitrogens with zero attached hydrogens (tertiary/aromatic N) is 1. The second-order valence-corrected chi connectivity index (χ2v) is 7.94. The standard InChI is InChI=1S/C23H27NO5/c1-14-12-19(15-6-4-7-15)29-23(26)20(14)22(25)24-11-10-16(13-24)17-8-5-9-18(27-2)21(17)28-3/h5,8-9,12,15-16H,4,6-7,10-11,13H2,1-3H3. The third-order valence-corrected chi connectivity index (χ3v) is 6.24. The van der Waals surface area contributed by atoms with Gasteiger partial charge < -0.3 is 18.8 Å². The van der Waals surface area contributed by atoms with Crippen molar-refractivity contribution in [3.8, 4) is 11.5 Å². The van der Waals surface area contributed by atoms with Gasteiger partial charge in [-0.15, -0.1) is 0 Å². The van der Waals surface area contributed by atoms with Gasteiger partial charge in [-0.2, -0.15) is 0 Å². The van der Waals surface area contributed by atoms with E-state index in [-0.39, 0.29) is 17.4 Å². The van der Waals surface area contributed by atoms with E-state index in [1.807, 2.05) is 31.2 Å². The third kappa shape index (κ3) is 3.52. The van der Waals surface area contributed by atoms with E-state index in [4.69, 9.17) is 13.9 Å². The molecule has 1 aliphatic carbocycles. The maximum absolute atomic E-state index is 13.1. The van der Waals surface area contributed by atoms with Gasteiger partial charge >= 0.3 is 5.63 Å².